The second-order valence-electron chi connectivity index (χ2n) is 5.29. The Morgan fingerprint density at radius 1 is 0.913 bits per heavy atom. The first kappa shape index (κ1) is 15.0. The van der Waals surface area contributed by atoms with Gasteiger partial charge in [-0.25, -0.2) is 4.98 Å². The number of allylic oxidation sites excluding steroid dienone is 1. The minimum atomic E-state index is 0.702. The third kappa shape index (κ3) is 4.78. The van der Waals surface area contributed by atoms with Crippen LogP contribution in [0.25, 0.3) is 6.08 Å². The number of benzene rings is 2. The average Bonchev–Trinajstić information content (AvgIpc) is 3.04. The molecular formula is C20H19N3. The van der Waals surface area contributed by atoms with Crippen molar-refractivity contribution in [2.45, 2.75) is 13.1 Å². The molecule has 0 radical (unpaired) electrons. The van der Waals surface area contributed by atoms with Gasteiger partial charge < -0.3 is 4.57 Å². The van der Waals surface area contributed by atoms with Gasteiger partial charge in [0.05, 0.1) is 18.6 Å². The summed E-state index contributed by atoms with van der Waals surface area (Å²) in [6, 6.07) is 20.6. The van der Waals surface area contributed by atoms with Crippen LogP contribution in [-0.4, -0.2) is 15.8 Å². The Bertz CT molecular complexity index is 771. The maximum Gasteiger partial charge on any atom is 0.0956 e. The fourth-order valence-electron chi connectivity index (χ4n) is 2.29. The van der Waals surface area contributed by atoms with Gasteiger partial charge in [0.25, 0.3) is 0 Å². The zero-order valence-electron chi connectivity index (χ0n) is 12.9. The molecule has 3 nitrogen and oxygen atoms in total. The van der Waals surface area contributed by atoms with E-state index in [-0.39, 0.29) is 0 Å². The Morgan fingerprint density at radius 3 is 2.35 bits per heavy atom. The zero-order chi connectivity index (χ0) is 15.7. The minimum absolute atomic E-state index is 0.702. The third-order valence-electron chi connectivity index (χ3n) is 3.44. The molecule has 0 aliphatic rings. The molecular weight excluding hydrogens is 282 g/mol. The molecule has 0 bridgehead atoms. The molecule has 23 heavy (non-hydrogen) atoms. The normalized spacial score (nSPS) is 11.5. The zero-order valence-corrected chi connectivity index (χ0v) is 12.9. The van der Waals surface area contributed by atoms with Gasteiger partial charge in [0.2, 0.25) is 0 Å². The van der Waals surface area contributed by atoms with Crippen molar-refractivity contribution in [3.63, 3.8) is 0 Å². The predicted molar refractivity (Wildman–Crippen MR) is 95.4 cm³/mol. The lowest BCUT2D eigenvalue weighted by Gasteiger charge is -2.00. The van der Waals surface area contributed by atoms with Gasteiger partial charge in [-0.15, -0.1) is 0 Å². The van der Waals surface area contributed by atoms with Gasteiger partial charge in [-0.2, -0.15) is 0 Å². The monoisotopic (exact) mass is 301 g/mol. The van der Waals surface area contributed by atoms with E-state index in [1.54, 1.807) is 0 Å². The molecule has 1 heterocycles. The maximum absolute atomic E-state index is 4.38. The summed E-state index contributed by atoms with van der Waals surface area (Å²) < 4.78 is 2.08. The summed E-state index contributed by atoms with van der Waals surface area (Å²) in [5, 5.41) is 0. The Morgan fingerprint density at radius 2 is 1.61 bits per heavy atom. The highest BCUT2D eigenvalue weighted by Gasteiger charge is 1.96. The Hall–Kier alpha value is -2.94. The summed E-state index contributed by atoms with van der Waals surface area (Å²) in [4.78, 5) is 8.77. The van der Waals surface area contributed by atoms with Crippen LogP contribution in [0.2, 0.25) is 0 Å². The van der Waals surface area contributed by atoms with E-state index in [2.05, 4.69) is 50.9 Å². The molecule has 2 aromatic carbocycles. The van der Waals surface area contributed by atoms with Crippen LogP contribution in [0, 0.1) is 0 Å². The van der Waals surface area contributed by atoms with E-state index in [4.69, 9.17) is 0 Å². The SMILES string of the molecule is C(/C=C/c1cn(Cc2ccccc2)cn1)=NCc1ccccc1. The maximum atomic E-state index is 4.38. The molecule has 0 unspecified atom stereocenters. The van der Waals surface area contributed by atoms with Gasteiger partial charge in [0, 0.05) is 19.0 Å². The number of aliphatic imine (C=N–C) groups is 1. The van der Waals surface area contributed by atoms with Crippen molar-refractivity contribution in [1.29, 1.82) is 0 Å². The second kappa shape index (κ2) is 7.90. The standard InChI is InChI=1S/C20H19N3/c1-3-8-18(9-4-1)14-21-13-7-12-20-16-23(17-22-20)15-19-10-5-2-6-11-19/h1-13,16-17H,14-15H2/b12-7+,21-13?. The number of hydrogen-bond donors (Lipinski definition) is 0. The van der Waals surface area contributed by atoms with Crippen molar-refractivity contribution in [3.05, 3.63) is 96.1 Å². The van der Waals surface area contributed by atoms with E-state index >= 15 is 0 Å². The lowest BCUT2D eigenvalue weighted by Crippen LogP contribution is -1.95. The van der Waals surface area contributed by atoms with E-state index in [9.17, 15) is 0 Å². The Balaban J connectivity index is 1.52. The van der Waals surface area contributed by atoms with Crippen LogP contribution in [0.3, 0.4) is 0 Å². The Kier molecular flexibility index (Phi) is 5.14. The van der Waals surface area contributed by atoms with E-state index in [1.165, 1.54) is 11.1 Å². The highest BCUT2D eigenvalue weighted by molar-refractivity contribution is 5.77. The largest absolute Gasteiger partial charge is 0.332 e. The van der Waals surface area contributed by atoms with E-state index < -0.39 is 0 Å². The molecule has 114 valence electrons. The van der Waals surface area contributed by atoms with Gasteiger partial charge >= 0.3 is 0 Å². The van der Waals surface area contributed by atoms with Gasteiger partial charge in [-0.05, 0) is 23.3 Å². The summed E-state index contributed by atoms with van der Waals surface area (Å²) in [7, 11) is 0. The molecule has 0 amide bonds. The molecule has 3 aromatic rings. The van der Waals surface area contributed by atoms with Gasteiger partial charge in [-0.1, -0.05) is 60.7 Å². The Labute approximate surface area is 136 Å². The number of hydrogen-bond acceptors (Lipinski definition) is 2. The van der Waals surface area contributed by atoms with Crippen molar-refractivity contribution >= 4 is 12.3 Å². The first-order valence-electron chi connectivity index (χ1n) is 7.66. The summed E-state index contributed by atoms with van der Waals surface area (Å²) >= 11 is 0. The molecule has 3 rings (SSSR count). The number of nitrogens with zero attached hydrogens (tertiary/aromatic N) is 3. The third-order valence-corrected chi connectivity index (χ3v) is 3.44. The average molecular weight is 301 g/mol. The van der Waals surface area contributed by atoms with Crippen LogP contribution in [-0.2, 0) is 13.1 Å². The van der Waals surface area contributed by atoms with E-state index in [0.29, 0.717) is 6.54 Å². The lowest BCUT2D eigenvalue weighted by molar-refractivity contribution is 0.797. The topological polar surface area (TPSA) is 30.2 Å². The van der Waals surface area contributed by atoms with Gasteiger partial charge in [-0.3, -0.25) is 4.99 Å². The first-order valence-corrected chi connectivity index (χ1v) is 7.66. The van der Waals surface area contributed by atoms with Crippen LogP contribution in [0.5, 0.6) is 0 Å². The highest BCUT2D eigenvalue weighted by atomic mass is 15.0. The van der Waals surface area contributed by atoms with Crippen LogP contribution < -0.4 is 0 Å². The number of rotatable bonds is 6. The van der Waals surface area contributed by atoms with Crippen molar-refractivity contribution in [2.75, 3.05) is 0 Å². The van der Waals surface area contributed by atoms with Crippen molar-refractivity contribution < 1.29 is 0 Å². The molecule has 0 saturated heterocycles. The van der Waals surface area contributed by atoms with Crippen LogP contribution >= 0.6 is 0 Å². The summed E-state index contributed by atoms with van der Waals surface area (Å²) in [6.07, 6.45) is 9.61. The molecule has 0 spiro atoms. The molecule has 0 fully saturated rings. The van der Waals surface area contributed by atoms with Crippen molar-refractivity contribution in [2.24, 2.45) is 4.99 Å². The van der Waals surface area contributed by atoms with E-state index in [1.807, 2.05) is 55.2 Å². The quantitative estimate of drug-likeness (QED) is 0.627. The summed E-state index contributed by atoms with van der Waals surface area (Å²) in [6.45, 7) is 1.54. The highest BCUT2D eigenvalue weighted by Crippen LogP contribution is 2.05. The fraction of sp³-hybridized carbons (Fsp3) is 0.100. The molecule has 0 saturated carbocycles. The first-order chi connectivity index (χ1) is 11.4. The van der Waals surface area contributed by atoms with Crippen LogP contribution in [0.4, 0.5) is 0 Å². The van der Waals surface area contributed by atoms with Crippen LogP contribution in [0.1, 0.15) is 16.8 Å². The lowest BCUT2D eigenvalue weighted by atomic mass is 10.2. The second-order valence-corrected chi connectivity index (χ2v) is 5.29. The molecule has 0 aliphatic heterocycles. The van der Waals surface area contributed by atoms with Crippen molar-refractivity contribution in [3.8, 4) is 0 Å². The number of imidazole rings is 1. The van der Waals surface area contributed by atoms with E-state index in [0.717, 1.165) is 12.2 Å². The van der Waals surface area contributed by atoms with Gasteiger partial charge in [0.1, 0.15) is 0 Å². The smallest absolute Gasteiger partial charge is 0.0956 e. The minimum Gasteiger partial charge on any atom is -0.332 e. The molecule has 0 N–H and O–H groups in total. The number of aromatic nitrogens is 2. The molecule has 0 aliphatic carbocycles. The van der Waals surface area contributed by atoms with Gasteiger partial charge in [0.15, 0.2) is 0 Å². The fourth-order valence-corrected chi connectivity index (χ4v) is 2.29. The van der Waals surface area contributed by atoms with Crippen LogP contribution in [0.15, 0.2) is 84.3 Å². The van der Waals surface area contributed by atoms with Crippen molar-refractivity contribution in [1.82, 2.24) is 9.55 Å². The summed E-state index contributed by atoms with van der Waals surface area (Å²) in [5.74, 6) is 0. The predicted octanol–water partition coefficient (Wildman–Crippen LogP) is 4.22. The molecule has 0 atom stereocenters. The molecule has 1 aromatic heterocycles. The molecule has 3 heteroatoms. The summed E-state index contributed by atoms with van der Waals surface area (Å²) in [5.41, 5.74) is 3.42.